The summed E-state index contributed by atoms with van der Waals surface area (Å²) in [5.74, 6) is 0.0243. The average Bonchev–Trinajstić information content (AvgIpc) is 2.39. The first-order valence-electron chi connectivity index (χ1n) is 6.58. The van der Waals surface area contributed by atoms with E-state index in [-0.39, 0.29) is 18.6 Å². The molecule has 1 aromatic carbocycles. The molecular weight excluding hydrogens is 226 g/mol. The van der Waals surface area contributed by atoms with Crippen molar-refractivity contribution in [3.8, 4) is 0 Å². The van der Waals surface area contributed by atoms with Crippen molar-refractivity contribution >= 4 is 5.91 Å². The maximum atomic E-state index is 12.4. The second-order valence-corrected chi connectivity index (χ2v) is 5.40. The number of aliphatic hydroxyl groups is 1. The molecule has 1 unspecified atom stereocenters. The van der Waals surface area contributed by atoms with Gasteiger partial charge < -0.3 is 10.4 Å². The number of benzene rings is 1. The van der Waals surface area contributed by atoms with Crippen molar-refractivity contribution in [1.82, 2.24) is 5.32 Å². The molecule has 1 aliphatic carbocycles. The van der Waals surface area contributed by atoms with Crippen LogP contribution in [0.25, 0.3) is 0 Å². The third kappa shape index (κ3) is 2.27. The molecule has 0 fully saturated rings. The van der Waals surface area contributed by atoms with Crippen LogP contribution in [0.3, 0.4) is 0 Å². The van der Waals surface area contributed by atoms with Crippen LogP contribution < -0.4 is 5.32 Å². The Morgan fingerprint density at radius 2 is 2.22 bits per heavy atom. The monoisotopic (exact) mass is 247 g/mol. The van der Waals surface area contributed by atoms with E-state index in [9.17, 15) is 4.79 Å². The minimum absolute atomic E-state index is 0.0243. The zero-order chi connectivity index (χ0) is 13.2. The van der Waals surface area contributed by atoms with Gasteiger partial charge in [-0.1, -0.05) is 24.3 Å². The molecule has 2 N–H and O–H groups in total. The van der Waals surface area contributed by atoms with Gasteiger partial charge in [-0.15, -0.1) is 0 Å². The van der Waals surface area contributed by atoms with Gasteiger partial charge in [0, 0.05) is 6.04 Å². The van der Waals surface area contributed by atoms with Gasteiger partial charge in [0.2, 0.25) is 5.91 Å². The molecular formula is C15H21NO2. The fraction of sp³-hybridized carbons (Fsp3) is 0.533. The summed E-state index contributed by atoms with van der Waals surface area (Å²) < 4.78 is 0. The molecule has 0 saturated heterocycles. The van der Waals surface area contributed by atoms with Crippen LogP contribution in [0.4, 0.5) is 0 Å². The molecule has 0 radical (unpaired) electrons. The van der Waals surface area contributed by atoms with E-state index in [1.807, 2.05) is 26.0 Å². The molecule has 1 amide bonds. The van der Waals surface area contributed by atoms with Crippen LogP contribution >= 0.6 is 0 Å². The molecule has 1 aliphatic rings. The summed E-state index contributed by atoms with van der Waals surface area (Å²) in [7, 11) is 0. The minimum Gasteiger partial charge on any atom is -0.394 e. The lowest BCUT2D eigenvalue weighted by Gasteiger charge is -2.35. The van der Waals surface area contributed by atoms with Gasteiger partial charge in [-0.05, 0) is 44.2 Å². The number of rotatable bonds is 3. The van der Waals surface area contributed by atoms with Crippen molar-refractivity contribution in [2.75, 3.05) is 6.61 Å². The summed E-state index contributed by atoms with van der Waals surface area (Å²) >= 11 is 0. The third-order valence-electron chi connectivity index (χ3n) is 3.89. The van der Waals surface area contributed by atoms with E-state index >= 15 is 0 Å². The standard InChI is InChI=1S/C15H21NO2/c1-11(10-17)16-14(18)15(2)9-5-7-12-6-3-4-8-13(12)15/h3-4,6,8,11,17H,5,7,9-10H2,1-2H3,(H,16,18)/t11-,15?/m0/s1. The van der Waals surface area contributed by atoms with E-state index < -0.39 is 5.41 Å². The average molecular weight is 247 g/mol. The summed E-state index contributed by atoms with van der Waals surface area (Å²) in [6.45, 7) is 3.80. The Morgan fingerprint density at radius 3 is 2.94 bits per heavy atom. The van der Waals surface area contributed by atoms with Crippen LogP contribution in [0.1, 0.15) is 37.8 Å². The molecule has 2 atom stereocenters. The number of hydrogen-bond donors (Lipinski definition) is 2. The fourth-order valence-corrected chi connectivity index (χ4v) is 2.71. The molecule has 98 valence electrons. The summed E-state index contributed by atoms with van der Waals surface area (Å²) in [6.07, 6.45) is 2.96. The van der Waals surface area contributed by atoms with Crippen LogP contribution in [0.5, 0.6) is 0 Å². The first-order valence-corrected chi connectivity index (χ1v) is 6.58. The Labute approximate surface area is 108 Å². The smallest absolute Gasteiger partial charge is 0.230 e. The zero-order valence-corrected chi connectivity index (χ0v) is 11.1. The number of aryl methyl sites for hydroxylation is 1. The maximum absolute atomic E-state index is 12.4. The summed E-state index contributed by atoms with van der Waals surface area (Å²) in [5.41, 5.74) is 1.95. The van der Waals surface area contributed by atoms with Crippen molar-refractivity contribution in [3.63, 3.8) is 0 Å². The molecule has 18 heavy (non-hydrogen) atoms. The highest BCUT2D eigenvalue weighted by Gasteiger charge is 2.38. The molecule has 0 aromatic heterocycles. The second kappa shape index (κ2) is 5.11. The number of nitrogens with one attached hydrogen (secondary N) is 1. The van der Waals surface area contributed by atoms with E-state index in [0.717, 1.165) is 24.8 Å². The second-order valence-electron chi connectivity index (χ2n) is 5.40. The van der Waals surface area contributed by atoms with E-state index in [1.165, 1.54) is 5.56 Å². The minimum atomic E-state index is -0.460. The Morgan fingerprint density at radius 1 is 1.50 bits per heavy atom. The number of aliphatic hydroxyl groups excluding tert-OH is 1. The van der Waals surface area contributed by atoms with Crippen molar-refractivity contribution in [3.05, 3.63) is 35.4 Å². The molecule has 0 heterocycles. The highest BCUT2D eigenvalue weighted by atomic mass is 16.3. The first-order chi connectivity index (χ1) is 8.58. The predicted molar refractivity (Wildman–Crippen MR) is 71.4 cm³/mol. The van der Waals surface area contributed by atoms with Gasteiger partial charge >= 0.3 is 0 Å². The van der Waals surface area contributed by atoms with E-state index in [4.69, 9.17) is 5.11 Å². The third-order valence-corrected chi connectivity index (χ3v) is 3.89. The largest absolute Gasteiger partial charge is 0.394 e. The molecule has 0 bridgehead atoms. The lowest BCUT2D eigenvalue weighted by Crippen LogP contribution is -2.48. The van der Waals surface area contributed by atoms with Crippen LogP contribution in [0.15, 0.2) is 24.3 Å². The van der Waals surface area contributed by atoms with Gasteiger partial charge in [-0.25, -0.2) is 0 Å². The Hall–Kier alpha value is -1.35. The fourth-order valence-electron chi connectivity index (χ4n) is 2.71. The van der Waals surface area contributed by atoms with Gasteiger partial charge in [-0.3, -0.25) is 4.79 Å². The Bertz CT molecular complexity index is 444. The van der Waals surface area contributed by atoms with Gasteiger partial charge in [0.25, 0.3) is 0 Å². The molecule has 0 spiro atoms. The van der Waals surface area contributed by atoms with Crippen LogP contribution in [0.2, 0.25) is 0 Å². The van der Waals surface area contributed by atoms with Gasteiger partial charge in [0.1, 0.15) is 0 Å². The van der Waals surface area contributed by atoms with Gasteiger partial charge in [-0.2, -0.15) is 0 Å². The summed E-state index contributed by atoms with van der Waals surface area (Å²) in [4.78, 5) is 12.4. The van der Waals surface area contributed by atoms with Crippen molar-refractivity contribution in [2.24, 2.45) is 0 Å². The van der Waals surface area contributed by atoms with E-state index in [1.54, 1.807) is 0 Å². The first kappa shape index (κ1) is 13.1. The van der Waals surface area contributed by atoms with Crippen LogP contribution in [-0.2, 0) is 16.6 Å². The number of fused-ring (bicyclic) bond motifs is 1. The van der Waals surface area contributed by atoms with Gasteiger partial charge in [0.05, 0.1) is 12.0 Å². The normalized spacial score (nSPS) is 24.2. The quantitative estimate of drug-likeness (QED) is 0.855. The molecule has 2 rings (SSSR count). The number of carbonyl (C=O) groups is 1. The number of amides is 1. The highest BCUT2D eigenvalue weighted by Crippen LogP contribution is 2.37. The topological polar surface area (TPSA) is 49.3 Å². The molecule has 1 aromatic rings. The lowest BCUT2D eigenvalue weighted by molar-refractivity contribution is -0.127. The summed E-state index contributed by atoms with van der Waals surface area (Å²) in [5, 5.41) is 11.9. The lowest BCUT2D eigenvalue weighted by atomic mass is 9.70. The predicted octanol–water partition coefficient (Wildman–Crippen LogP) is 1.78. The van der Waals surface area contributed by atoms with Crippen LogP contribution in [0, 0.1) is 0 Å². The van der Waals surface area contributed by atoms with E-state index in [0.29, 0.717) is 0 Å². The van der Waals surface area contributed by atoms with Crippen LogP contribution in [-0.4, -0.2) is 23.7 Å². The number of hydrogen-bond acceptors (Lipinski definition) is 2. The molecule has 0 aliphatic heterocycles. The molecule has 3 nitrogen and oxygen atoms in total. The van der Waals surface area contributed by atoms with Crippen molar-refractivity contribution in [1.29, 1.82) is 0 Å². The number of carbonyl (C=O) groups excluding carboxylic acids is 1. The van der Waals surface area contributed by atoms with E-state index in [2.05, 4.69) is 17.4 Å². The Kier molecular flexibility index (Phi) is 3.71. The maximum Gasteiger partial charge on any atom is 0.230 e. The van der Waals surface area contributed by atoms with Gasteiger partial charge in [0.15, 0.2) is 0 Å². The summed E-state index contributed by atoms with van der Waals surface area (Å²) in [6, 6.07) is 7.99. The van der Waals surface area contributed by atoms with Crippen molar-refractivity contribution < 1.29 is 9.90 Å². The Balaban J connectivity index is 2.29. The highest BCUT2D eigenvalue weighted by molar-refractivity contribution is 5.88. The SMILES string of the molecule is C[C@@H](CO)NC(=O)C1(C)CCCc2ccccc21. The zero-order valence-electron chi connectivity index (χ0n) is 11.1. The molecule has 3 heteroatoms. The van der Waals surface area contributed by atoms with Crippen molar-refractivity contribution in [2.45, 2.75) is 44.6 Å². The molecule has 0 saturated carbocycles.